The van der Waals surface area contributed by atoms with E-state index in [0.29, 0.717) is 5.56 Å². The number of H-pyrrole nitrogens is 1. The lowest BCUT2D eigenvalue weighted by atomic mass is 10.1. The first-order valence-electron chi connectivity index (χ1n) is 5.09. The van der Waals surface area contributed by atoms with Crippen molar-refractivity contribution >= 4 is 11.5 Å². The van der Waals surface area contributed by atoms with E-state index in [1.54, 1.807) is 19.6 Å². The Morgan fingerprint density at radius 2 is 2.17 bits per heavy atom. The molecule has 0 bridgehead atoms. The van der Waals surface area contributed by atoms with Crippen LogP contribution >= 0.6 is 0 Å². The molecule has 1 rings (SSSR count). The monoisotopic (exact) mass is 255 g/mol. The maximum absolute atomic E-state index is 13.5. The fourth-order valence-electron chi connectivity index (χ4n) is 1.31. The minimum Gasteiger partial charge on any atom is -0.381 e. The van der Waals surface area contributed by atoms with Gasteiger partial charge in [0.05, 0.1) is 5.69 Å². The lowest BCUT2D eigenvalue weighted by Gasteiger charge is -2.08. The SMILES string of the molecule is Cc1cc(NO)c(C(=O)/C(F)=C/N(C)C)[nH]c1=O. The predicted molar refractivity (Wildman–Crippen MR) is 64.4 cm³/mol. The van der Waals surface area contributed by atoms with E-state index in [9.17, 15) is 14.0 Å². The van der Waals surface area contributed by atoms with Gasteiger partial charge in [-0.15, -0.1) is 0 Å². The molecule has 6 nitrogen and oxygen atoms in total. The van der Waals surface area contributed by atoms with Gasteiger partial charge in [-0.2, -0.15) is 0 Å². The number of hydrogen-bond donors (Lipinski definition) is 3. The molecular formula is C11H14FN3O3. The van der Waals surface area contributed by atoms with Crippen molar-refractivity contribution in [2.75, 3.05) is 19.6 Å². The van der Waals surface area contributed by atoms with Gasteiger partial charge in [-0.1, -0.05) is 0 Å². The summed E-state index contributed by atoms with van der Waals surface area (Å²) in [6.45, 7) is 1.50. The molecule has 0 amide bonds. The molecule has 0 aliphatic rings. The van der Waals surface area contributed by atoms with E-state index in [1.807, 2.05) is 0 Å². The van der Waals surface area contributed by atoms with Crippen LogP contribution in [0.1, 0.15) is 16.1 Å². The van der Waals surface area contributed by atoms with Gasteiger partial charge in [0.1, 0.15) is 5.69 Å². The smallest absolute Gasteiger partial charge is 0.251 e. The minimum atomic E-state index is -1.05. The average Bonchev–Trinajstić information content (AvgIpc) is 2.30. The van der Waals surface area contributed by atoms with Crippen molar-refractivity contribution in [3.05, 3.63) is 39.7 Å². The molecule has 0 atom stereocenters. The van der Waals surface area contributed by atoms with Crippen LogP contribution in [0.15, 0.2) is 22.9 Å². The molecule has 98 valence electrons. The fourth-order valence-corrected chi connectivity index (χ4v) is 1.31. The van der Waals surface area contributed by atoms with E-state index in [1.165, 1.54) is 17.9 Å². The highest BCUT2D eigenvalue weighted by atomic mass is 19.1. The lowest BCUT2D eigenvalue weighted by Crippen LogP contribution is -2.18. The molecule has 3 N–H and O–H groups in total. The Hall–Kier alpha value is -2.15. The maximum Gasteiger partial charge on any atom is 0.251 e. The number of Topliss-reactive ketones (excluding diaryl/α,β-unsaturated/α-hetero) is 1. The molecule has 0 spiro atoms. The van der Waals surface area contributed by atoms with Gasteiger partial charge in [-0.25, -0.2) is 4.39 Å². The largest absolute Gasteiger partial charge is 0.381 e. The number of carbonyl (C=O) groups excluding carboxylic acids is 1. The highest BCUT2D eigenvalue weighted by Gasteiger charge is 2.18. The highest BCUT2D eigenvalue weighted by Crippen LogP contribution is 2.16. The zero-order valence-electron chi connectivity index (χ0n) is 10.2. The first kappa shape index (κ1) is 13.9. The van der Waals surface area contributed by atoms with Crippen LogP contribution in [0.2, 0.25) is 0 Å². The number of ketones is 1. The lowest BCUT2D eigenvalue weighted by molar-refractivity contribution is 0.0997. The Kier molecular flexibility index (Phi) is 4.22. The molecule has 0 saturated carbocycles. The summed E-state index contributed by atoms with van der Waals surface area (Å²) in [5, 5.41) is 8.87. The molecule has 1 aromatic heterocycles. The van der Waals surface area contributed by atoms with Crippen molar-refractivity contribution in [3.8, 4) is 0 Å². The molecule has 0 aromatic carbocycles. The zero-order valence-corrected chi connectivity index (χ0v) is 10.2. The normalized spacial score (nSPS) is 11.3. The Morgan fingerprint density at radius 1 is 1.56 bits per heavy atom. The summed E-state index contributed by atoms with van der Waals surface area (Å²) in [5.74, 6) is -2.06. The number of aryl methyl sites for hydroxylation is 1. The third-order valence-corrected chi connectivity index (χ3v) is 2.16. The molecule has 0 fully saturated rings. The van der Waals surface area contributed by atoms with Crippen molar-refractivity contribution in [1.82, 2.24) is 9.88 Å². The summed E-state index contributed by atoms with van der Waals surface area (Å²) in [5.41, 5.74) is 1.14. The van der Waals surface area contributed by atoms with Crippen LogP contribution in [0.5, 0.6) is 0 Å². The Morgan fingerprint density at radius 3 is 2.67 bits per heavy atom. The van der Waals surface area contributed by atoms with Crippen LogP contribution in [0.4, 0.5) is 10.1 Å². The van der Waals surface area contributed by atoms with Gasteiger partial charge in [-0.3, -0.25) is 20.3 Å². The first-order valence-corrected chi connectivity index (χ1v) is 5.09. The number of carbonyl (C=O) groups is 1. The summed E-state index contributed by atoms with van der Waals surface area (Å²) in [6, 6.07) is 1.26. The molecule has 18 heavy (non-hydrogen) atoms. The van der Waals surface area contributed by atoms with Gasteiger partial charge in [0, 0.05) is 25.9 Å². The van der Waals surface area contributed by atoms with E-state index in [0.717, 1.165) is 6.20 Å². The van der Waals surface area contributed by atoms with Crippen LogP contribution < -0.4 is 11.0 Å². The first-order chi connectivity index (χ1) is 8.36. The molecule has 0 unspecified atom stereocenters. The Bertz CT molecular complexity index is 549. The molecule has 7 heteroatoms. The topological polar surface area (TPSA) is 85.4 Å². The molecule has 1 aromatic rings. The Labute approximate surface area is 103 Å². The fraction of sp³-hybridized carbons (Fsp3) is 0.273. The number of nitrogens with one attached hydrogen (secondary N) is 2. The second kappa shape index (κ2) is 5.46. The molecule has 0 radical (unpaired) electrons. The molecular weight excluding hydrogens is 241 g/mol. The van der Waals surface area contributed by atoms with Crippen molar-refractivity contribution < 1.29 is 14.4 Å². The quantitative estimate of drug-likeness (QED) is 0.425. The van der Waals surface area contributed by atoms with Gasteiger partial charge in [-0.05, 0) is 13.0 Å². The number of aromatic amines is 1. The third-order valence-electron chi connectivity index (χ3n) is 2.16. The van der Waals surface area contributed by atoms with E-state index < -0.39 is 17.2 Å². The highest BCUT2D eigenvalue weighted by molar-refractivity contribution is 6.09. The number of pyridine rings is 1. The number of rotatable bonds is 4. The minimum absolute atomic E-state index is 0.0561. The van der Waals surface area contributed by atoms with Crippen molar-refractivity contribution in [1.29, 1.82) is 0 Å². The maximum atomic E-state index is 13.5. The van der Waals surface area contributed by atoms with Gasteiger partial charge in [0.2, 0.25) is 5.78 Å². The second-order valence-electron chi connectivity index (χ2n) is 3.95. The summed E-state index contributed by atoms with van der Waals surface area (Å²) in [4.78, 5) is 26.7. The summed E-state index contributed by atoms with van der Waals surface area (Å²) in [6.07, 6.45) is 0.974. The summed E-state index contributed by atoms with van der Waals surface area (Å²) in [7, 11) is 3.10. The standard InChI is InChI=1S/C11H14FN3O3/c1-6-4-8(14-18)9(13-11(6)17)10(16)7(12)5-15(2)3/h4-5,14,18H,1-3H3,(H,13,17)/b7-5-. The van der Waals surface area contributed by atoms with Crippen molar-refractivity contribution in [2.45, 2.75) is 6.92 Å². The Balaban J connectivity index is 3.29. The summed E-state index contributed by atoms with van der Waals surface area (Å²) >= 11 is 0. The van der Waals surface area contributed by atoms with Crippen LogP contribution in [0.25, 0.3) is 0 Å². The number of anilines is 1. The third kappa shape index (κ3) is 2.95. The zero-order chi connectivity index (χ0) is 13.9. The van der Waals surface area contributed by atoms with E-state index in [4.69, 9.17) is 5.21 Å². The predicted octanol–water partition coefficient (Wildman–Crippen LogP) is 1.04. The van der Waals surface area contributed by atoms with Crippen molar-refractivity contribution in [3.63, 3.8) is 0 Å². The van der Waals surface area contributed by atoms with Gasteiger partial charge >= 0.3 is 0 Å². The molecule has 0 aliphatic heterocycles. The van der Waals surface area contributed by atoms with Crippen LogP contribution in [0, 0.1) is 6.92 Å². The molecule has 0 aliphatic carbocycles. The van der Waals surface area contributed by atoms with Crippen LogP contribution in [-0.2, 0) is 0 Å². The van der Waals surface area contributed by atoms with E-state index >= 15 is 0 Å². The van der Waals surface area contributed by atoms with Gasteiger partial charge in [0.25, 0.3) is 5.56 Å². The number of hydrogen-bond acceptors (Lipinski definition) is 5. The van der Waals surface area contributed by atoms with Crippen molar-refractivity contribution in [2.24, 2.45) is 0 Å². The van der Waals surface area contributed by atoms with Gasteiger partial charge in [0.15, 0.2) is 5.83 Å². The number of aromatic nitrogens is 1. The van der Waals surface area contributed by atoms with Gasteiger partial charge < -0.3 is 9.88 Å². The second-order valence-corrected chi connectivity index (χ2v) is 3.95. The number of halogens is 1. The number of nitrogens with zero attached hydrogens (tertiary/aromatic N) is 1. The number of allylic oxidation sites excluding steroid dienone is 1. The van der Waals surface area contributed by atoms with Crippen LogP contribution in [-0.4, -0.2) is 35.0 Å². The molecule has 0 saturated heterocycles. The van der Waals surface area contributed by atoms with E-state index in [-0.39, 0.29) is 11.4 Å². The summed E-state index contributed by atoms with van der Waals surface area (Å²) < 4.78 is 13.5. The van der Waals surface area contributed by atoms with E-state index in [2.05, 4.69) is 4.98 Å². The average molecular weight is 255 g/mol. The van der Waals surface area contributed by atoms with Crippen LogP contribution in [0.3, 0.4) is 0 Å². The molecule has 1 heterocycles.